The van der Waals surface area contributed by atoms with E-state index in [-0.39, 0.29) is 48.1 Å². The minimum atomic E-state index is -0.540. The zero-order chi connectivity index (χ0) is 25.9. The molecule has 2 rings (SSSR count). The molecule has 0 fully saturated rings. The van der Waals surface area contributed by atoms with E-state index in [2.05, 4.69) is 0 Å². The third-order valence-corrected chi connectivity index (χ3v) is 5.30. The normalized spacial score (nSPS) is 11.7. The molecule has 5 nitrogen and oxygen atoms in total. The molecule has 0 saturated heterocycles. The molecule has 2 aromatic carbocycles. The van der Waals surface area contributed by atoms with E-state index in [1.54, 1.807) is 19.1 Å². The molecule has 0 spiro atoms. The number of esters is 1. The van der Waals surface area contributed by atoms with Crippen LogP contribution in [0.5, 0.6) is 11.5 Å². The van der Waals surface area contributed by atoms with Crippen LogP contribution in [0.25, 0.3) is 0 Å². The van der Waals surface area contributed by atoms with Crippen LogP contribution in [0.4, 0.5) is 8.78 Å². The lowest BCUT2D eigenvalue weighted by Gasteiger charge is -2.19. The molecule has 2 aromatic rings. The first-order valence-electron chi connectivity index (χ1n) is 10.9. The summed E-state index contributed by atoms with van der Waals surface area (Å²) in [7, 11) is 2.83. The minimum absolute atomic E-state index is 0.00222. The van der Waals surface area contributed by atoms with Crippen molar-refractivity contribution in [2.75, 3.05) is 26.7 Å². The van der Waals surface area contributed by atoms with Gasteiger partial charge in [-0.15, -0.1) is 11.6 Å². The fraction of sp³-hybridized carbons (Fsp3) is 0.462. The lowest BCUT2D eigenvalue weighted by molar-refractivity contribution is -0.143. The van der Waals surface area contributed by atoms with Gasteiger partial charge in [0.2, 0.25) is 0 Å². The van der Waals surface area contributed by atoms with Crippen LogP contribution >= 0.6 is 11.6 Å². The summed E-state index contributed by atoms with van der Waals surface area (Å²) in [6.07, 6.45) is 0.0658. The van der Waals surface area contributed by atoms with Gasteiger partial charge in [-0.1, -0.05) is 32.9 Å². The Balaban J connectivity index is 0.000000380. The van der Waals surface area contributed by atoms with Gasteiger partial charge in [0.05, 0.1) is 33.1 Å². The molecule has 1 unspecified atom stereocenters. The number of carbonyl (C=O) groups is 2. The molecule has 0 saturated carbocycles. The Hall–Kier alpha value is -2.67. The number of carbonyl (C=O) groups excluding carboxylic acids is 2. The van der Waals surface area contributed by atoms with Gasteiger partial charge in [0.25, 0.3) is 0 Å². The number of alkyl halides is 1. The molecule has 0 aliphatic carbocycles. The van der Waals surface area contributed by atoms with Crippen molar-refractivity contribution in [3.05, 3.63) is 59.2 Å². The Morgan fingerprint density at radius 1 is 0.941 bits per heavy atom. The van der Waals surface area contributed by atoms with E-state index in [4.69, 9.17) is 25.8 Å². The number of hydrogen-bond donors (Lipinski definition) is 0. The van der Waals surface area contributed by atoms with Crippen molar-refractivity contribution in [3.8, 4) is 11.5 Å². The summed E-state index contributed by atoms with van der Waals surface area (Å²) in [5.41, 5.74) is 1.50. The lowest BCUT2D eigenvalue weighted by atomic mass is 9.87. The van der Waals surface area contributed by atoms with Gasteiger partial charge in [0.15, 0.2) is 23.1 Å². The second kappa shape index (κ2) is 13.9. The highest BCUT2D eigenvalue weighted by atomic mass is 35.5. The van der Waals surface area contributed by atoms with E-state index < -0.39 is 17.7 Å². The SMILES string of the molecule is CCOC(=O)CC(CC(=O)CCl)c1ccc(OC)c(F)c1.COc1ccc(C(C)(C)C)cc1F. The van der Waals surface area contributed by atoms with Gasteiger partial charge in [-0.3, -0.25) is 9.59 Å². The molecule has 0 radical (unpaired) electrons. The topological polar surface area (TPSA) is 61.8 Å². The highest BCUT2D eigenvalue weighted by molar-refractivity contribution is 6.27. The predicted octanol–water partition coefficient (Wildman–Crippen LogP) is 6.20. The van der Waals surface area contributed by atoms with Crippen molar-refractivity contribution >= 4 is 23.4 Å². The van der Waals surface area contributed by atoms with E-state index >= 15 is 0 Å². The molecule has 1 atom stereocenters. The van der Waals surface area contributed by atoms with E-state index in [9.17, 15) is 18.4 Å². The number of Topliss-reactive ketones (excluding diaryl/α,β-unsaturated/α-hetero) is 1. The molecule has 8 heteroatoms. The number of ketones is 1. The molecule has 34 heavy (non-hydrogen) atoms. The number of ether oxygens (including phenoxy) is 3. The van der Waals surface area contributed by atoms with E-state index in [0.29, 0.717) is 11.3 Å². The molecule has 0 N–H and O–H groups in total. The average Bonchev–Trinajstić information content (AvgIpc) is 2.78. The quantitative estimate of drug-likeness (QED) is 0.304. The summed E-state index contributed by atoms with van der Waals surface area (Å²) >= 11 is 5.50. The number of halogens is 3. The Morgan fingerprint density at radius 2 is 1.50 bits per heavy atom. The third kappa shape index (κ3) is 9.29. The Labute approximate surface area is 205 Å². The monoisotopic (exact) mass is 498 g/mol. The fourth-order valence-electron chi connectivity index (χ4n) is 3.13. The summed E-state index contributed by atoms with van der Waals surface area (Å²) in [5.74, 6) is -1.67. The van der Waals surface area contributed by atoms with Gasteiger partial charge in [-0.2, -0.15) is 0 Å². The molecular formula is C26H33ClF2O5. The van der Waals surface area contributed by atoms with Crippen LogP contribution in [0, 0.1) is 11.6 Å². The number of methoxy groups -OCH3 is 2. The predicted molar refractivity (Wildman–Crippen MR) is 129 cm³/mol. The van der Waals surface area contributed by atoms with Gasteiger partial charge in [0.1, 0.15) is 5.78 Å². The summed E-state index contributed by atoms with van der Waals surface area (Å²) in [4.78, 5) is 23.2. The van der Waals surface area contributed by atoms with E-state index in [1.807, 2.05) is 26.8 Å². The van der Waals surface area contributed by atoms with Crippen LogP contribution in [0.2, 0.25) is 0 Å². The summed E-state index contributed by atoms with van der Waals surface area (Å²) in [6.45, 7) is 8.10. The minimum Gasteiger partial charge on any atom is -0.494 e. The maximum absolute atomic E-state index is 13.8. The molecule has 188 valence electrons. The molecular weight excluding hydrogens is 466 g/mol. The summed E-state index contributed by atoms with van der Waals surface area (Å²) in [5, 5.41) is 0. The standard InChI is InChI=1S/C15H18ClFO4.C11H15FO/c1-3-21-15(19)8-11(6-12(18)9-16)10-4-5-14(20-2)13(17)7-10;1-11(2,3)8-5-6-10(13-4)9(12)7-8/h4-5,7,11H,3,6,8-9H2,1-2H3;5-7H,1-4H3. The second-order valence-corrected chi connectivity index (χ2v) is 8.84. The van der Waals surface area contributed by atoms with Gasteiger partial charge < -0.3 is 14.2 Å². The summed E-state index contributed by atoms with van der Waals surface area (Å²) < 4.78 is 41.6. The highest BCUT2D eigenvalue weighted by Crippen LogP contribution is 2.29. The summed E-state index contributed by atoms with van der Waals surface area (Å²) in [6, 6.07) is 9.45. The first-order valence-corrected chi connectivity index (χ1v) is 11.4. The van der Waals surface area contributed by atoms with Crippen molar-refractivity contribution in [2.24, 2.45) is 0 Å². The highest BCUT2D eigenvalue weighted by Gasteiger charge is 2.21. The van der Waals surface area contributed by atoms with Crippen LogP contribution in [0.3, 0.4) is 0 Å². The van der Waals surface area contributed by atoms with E-state index in [0.717, 1.165) is 5.56 Å². The van der Waals surface area contributed by atoms with Crippen LogP contribution in [-0.2, 0) is 19.7 Å². The van der Waals surface area contributed by atoms with Crippen LogP contribution < -0.4 is 9.47 Å². The largest absolute Gasteiger partial charge is 0.494 e. The van der Waals surface area contributed by atoms with Crippen molar-refractivity contribution in [1.82, 2.24) is 0 Å². The fourth-order valence-corrected chi connectivity index (χ4v) is 3.24. The maximum Gasteiger partial charge on any atom is 0.306 e. The molecule has 0 aliphatic heterocycles. The van der Waals surface area contributed by atoms with Crippen molar-refractivity contribution < 1.29 is 32.6 Å². The average molecular weight is 499 g/mol. The number of rotatable bonds is 9. The van der Waals surface area contributed by atoms with Crippen LogP contribution in [-0.4, -0.2) is 38.5 Å². The maximum atomic E-state index is 13.8. The van der Waals surface area contributed by atoms with Crippen molar-refractivity contribution in [3.63, 3.8) is 0 Å². The smallest absolute Gasteiger partial charge is 0.306 e. The van der Waals surface area contributed by atoms with Crippen LogP contribution in [0.15, 0.2) is 36.4 Å². The zero-order valence-corrected chi connectivity index (χ0v) is 21.3. The van der Waals surface area contributed by atoms with Gasteiger partial charge in [-0.25, -0.2) is 8.78 Å². The van der Waals surface area contributed by atoms with Crippen molar-refractivity contribution in [1.29, 1.82) is 0 Å². The Morgan fingerprint density at radius 3 is 1.94 bits per heavy atom. The molecule has 0 aliphatic rings. The molecule has 0 heterocycles. The zero-order valence-electron chi connectivity index (χ0n) is 20.5. The Bertz CT molecular complexity index is 957. The van der Waals surface area contributed by atoms with E-state index in [1.165, 1.54) is 32.4 Å². The molecule has 0 bridgehead atoms. The third-order valence-electron chi connectivity index (χ3n) is 5.01. The number of benzene rings is 2. The Kier molecular flexibility index (Phi) is 12.0. The van der Waals surface area contributed by atoms with Gasteiger partial charge >= 0.3 is 5.97 Å². The second-order valence-electron chi connectivity index (χ2n) is 8.58. The van der Waals surface area contributed by atoms with Gasteiger partial charge in [0, 0.05) is 12.3 Å². The molecule has 0 aromatic heterocycles. The first kappa shape index (κ1) is 29.4. The van der Waals surface area contributed by atoms with Gasteiger partial charge in [-0.05, 0) is 47.7 Å². The van der Waals surface area contributed by atoms with Crippen molar-refractivity contribution in [2.45, 2.75) is 51.9 Å². The lowest BCUT2D eigenvalue weighted by Crippen LogP contribution is -2.15. The van der Waals surface area contributed by atoms with Crippen LogP contribution in [0.1, 0.15) is 57.6 Å². The molecule has 0 amide bonds. The number of hydrogen-bond acceptors (Lipinski definition) is 5. The first-order chi connectivity index (χ1) is 16.0.